The van der Waals surface area contributed by atoms with E-state index in [1.165, 1.54) is 32.4 Å². The molecular formula is C19H34N2O. The quantitative estimate of drug-likeness (QED) is 0.798. The highest BCUT2D eigenvalue weighted by molar-refractivity contribution is 5.01. The Bertz CT molecular complexity index is 462. The van der Waals surface area contributed by atoms with Crippen molar-refractivity contribution in [2.45, 2.75) is 66.7 Å². The van der Waals surface area contributed by atoms with Crippen molar-refractivity contribution in [1.29, 1.82) is 0 Å². The van der Waals surface area contributed by atoms with Gasteiger partial charge in [0.2, 0.25) is 0 Å². The van der Waals surface area contributed by atoms with Crippen LogP contribution in [0.5, 0.6) is 0 Å². The van der Waals surface area contributed by atoms with Crippen molar-refractivity contribution < 1.29 is 4.42 Å². The molecule has 22 heavy (non-hydrogen) atoms. The summed E-state index contributed by atoms with van der Waals surface area (Å²) in [5.74, 6) is 1.75. The molecule has 3 heteroatoms. The van der Waals surface area contributed by atoms with Crippen LogP contribution in [0.15, 0.2) is 10.7 Å². The Labute approximate surface area is 136 Å². The SMILES string of the molecule is CN1CCC(CC(C)(C)Cc2coc(CC(C)(C)C)n2)CC1. The predicted molar refractivity (Wildman–Crippen MR) is 92.0 cm³/mol. The second-order valence-electron chi connectivity index (χ2n) is 9.26. The average molecular weight is 306 g/mol. The zero-order valence-electron chi connectivity index (χ0n) is 15.4. The van der Waals surface area contributed by atoms with E-state index < -0.39 is 0 Å². The van der Waals surface area contributed by atoms with Crippen LogP contribution < -0.4 is 0 Å². The van der Waals surface area contributed by atoms with Crippen LogP contribution in [0.3, 0.4) is 0 Å². The van der Waals surface area contributed by atoms with Crippen molar-refractivity contribution in [2.75, 3.05) is 20.1 Å². The van der Waals surface area contributed by atoms with Gasteiger partial charge in [-0.25, -0.2) is 4.98 Å². The highest BCUT2D eigenvalue weighted by atomic mass is 16.3. The third-order valence-corrected chi connectivity index (χ3v) is 4.62. The molecule has 126 valence electrons. The van der Waals surface area contributed by atoms with E-state index in [4.69, 9.17) is 9.40 Å². The van der Waals surface area contributed by atoms with Crippen LogP contribution in [0.4, 0.5) is 0 Å². The lowest BCUT2D eigenvalue weighted by molar-refractivity contribution is 0.166. The van der Waals surface area contributed by atoms with Gasteiger partial charge in [0.25, 0.3) is 0 Å². The van der Waals surface area contributed by atoms with Gasteiger partial charge in [0.1, 0.15) is 6.26 Å². The number of piperidine rings is 1. The fourth-order valence-electron chi connectivity index (χ4n) is 3.58. The Morgan fingerprint density at radius 1 is 1.14 bits per heavy atom. The van der Waals surface area contributed by atoms with Crippen LogP contribution in [0.1, 0.15) is 65.5 Å². The first-order valence-corrected chi connectivity index (χ1v) is 8.75. The molecule has 3 nitrogen and oxygen atoms in total. The summed E-state index contributed by atoms with van der Waals surface area (Å²) in [7, 11) is 2.23. The van der Waals surface area contributed by atoms with Crippen molar-refractivity contribution >= 4 is 0 Å². The molecule has 0 spiro atoms. The maximum Gasteiger partial charge on any atom is 0.194 e. The minimum absolute atomic E-state index is 0.228. The van der Waals surface area contributed by atoms with E-state index in [0.29, 0.717) is 5.41 Å². The molecule has 1 aromatic rings. The second-order valence-corrected chi connectivity index (χ2v) is 9.26. The Kier molecular flexibility index (Phi) is 5.37. The topological polar surface area (TPSA) is 29.3 Å². The maximum absolute atomic E-state index is 5.67. The Hall–Kier alpha value is -0.830. The number of aromatic nitrogens is 1. The van der Waals surface area contributed by atoms with Gasteiger partial charge in [0.05, 0.1) is 5.69 Å². The van der Waals surface area contributed by atoms with Gasteiger partial charge in [0, 0.05) is 6.42 Å². The smallest absolute Gasteiger partial charge is 0.194 e. The summed E-state index contributed by atoms with van der Waals surface area (Å²) in [5, 5.41) is 0. The van der Waals surface area contributed by atoms with Crippen molar-refractivity contribution in [2.24, 2.45) is 16.7 Å². The van der Waals surface area contributed by atoms with Crippen LogP contribution in [-0.4, -0.2) is 30.0 Å². The summed E-state index contributed by atoms with van der Waals surface area (Å²) >= 11 is 0. The highest BCUT2D eigenvalue weighted by Crippen LogP contribution is 2.34. The van der Waals surface area contributed by atoms with E-state index in [1.54, 1.807) is 0 Å². The van der Waals surface area contributed by atoms with Crippen molar-refractivity contribution in [1.82, 2.24) is 9.88 Å². The van der Waals surface area contributed by atoms with E-state index in [0.717, 1.165) is 30.3 Å². The molecule has 0 atom stereocenters. The van der Waals surface area contributed by atoms with Crippen LogP contribution in [0, 0.1) is 16.7 Å². The summed E-state index contributed by atoms with van der Waals surface area (Å²) in [6, 6.07) is 0. The van der Waals surface area contributed by atoms with Gasteiger partial charge in [-0.1, -0.05) is 34.6 Å². The standard InChI is InChI=1S/C19H34N2O/c1-18(2,3)13-17-20-16(14-22-17)12-19(4,5)11-15-7-9-21(6)10-8-15/h14-15H,7-13H2,1-6H3. The molecule has 0 radical (unpaired) electrons. The molecule has 1 aromatic heterocycles. The molecule has 0 bridgehead atoms. The van der Waals surface area contributed by atoms with Crippen molar-refractivity contribution in [3.8, 4) is 0 Å². The number of nitrogens with zero attached hydrogens (tertiary/aromatic N) is 2. The second kappa shape index (κ2) is 6.74. The van der Waals surface area contributed by atoms with E-state index in [9.17, 15) is 0 Å². The third kappa shape index (κ3) is 5.75. The molecule has 1 aliphatic heterocycles. The largest absolute Gasteiger partial charge is 0.449 e. The highest BCUT2D eigenvalue weighted by Gasteiger charge is 2.27. The first-order chi connectivity index (χ1) is 10.1. The van der Waals surface area contributed by atoms with E-state index in [1.807, 2.05) is 6.26 Å². The van der Waals surface area contributed by atoms with Gasteiger partial charge in [-0.05, 0) is 62.6 Å². The number of rotatable bonds is 5. The average Bonchev–Trinajstić information content (AvgIpc) is 2.75. The number of oxazole rings is 1. The molecule has 1 fully saturated rings. The van der Waals surface area contributed by atoms with Crippen molar-refractivity contribution in [3.63, 3.8) is 0 Å². The molecule has 0 aliphatic carbocycles. The maximum atomic E-state index is 5.67. The molecular weight excluding hydrogens is 272 g/mol. The Morgan fingerprint density at radius 3 is 2.36 bits per heavy atom. The summed E-state index contributed by atoms with van der Waals surface area (Å²) < 4.78 is 5.67. The molecule has 0 amide bonds. The van der Waals surface area contributed by atoms with Gasteiger partial charge < -0.3 is 9.32 Å². The lowest BCUT2D eigenvalue weighted by Crippen LogP contribution is -2.32. The zero-order valence-corrected chi connectivity index (χ0v) is 15.4. The first kappa shape index (κ1) is 17.5. The fourth-order valence-corrected chi connectivity index (χ4v) is 3.58. The minimum Gasteiger partial charge on any atom is -0.449 e. The van der Waals surface area contributed by atoms with Gasteiger partial charge >= 0.3 is 0 Å². The predicted octanol–water partition coefficient (Wildman–Crippen LogP) is 4.56. The molecule has 0 unspecified atom stereocenters. The fraction of sp³-hybridized carbons (Fsp3) is 0.842. The first-order valence-electron chi connectivity index (χ1n) is 8.75. The lowest BCUT2D eigenvalue weighted by Gasteiger charge is -2.34. The normalized spacial score (nSPS) is 18.8. The van der Waals surface area contributed by atoms with Gasteiger partial charge in [-0.2, -0.15) is 0 Å². The van der Waals surface area contributed by atoms with E-state index >= 15 is 0 Å². The number of likely N-dealkylation sites (tertiary alicyclic amines) is 1. The summed E-state index contributed by atoms with van der Waals surface area (Å²) in [5.41, 5.74) is 1.65. The monoisotopic (exact) mass is 306 g/mol. The minimum atomic E-state index is 0.228. The number of hydrogen-bond acceptors (Lipinski definition) is 3. The van der Waals surface area contributed by atoms with Crippen LogP contribution in [-0.2, 0) is 12.8 Å². The van der Waals surface area contributed by atoms with Crippen LogP contribution in [0.2, 0.25) is 0 Å². The van der Waals surface area contributed by atoms with Gasteiger partial charge in [-0.15, -0.1) is 0 Å². The van der Waals surface area contributed by atoms with Gasteiger partial charge in [-0.3, -0.25) is 0 Å². The Balaban J connectivity index is 1.88. The van der Waals surface area contributed by atoms with Crippen LogP contribution >= 0.6 is 0 Å². The Morgan fingerprint density at radius 2 is 1.77 bits per heavy atom. The molecule has 1 aliphatic rings. The molecule has 2 heterocycles. The summed E-state index contributed by atoms with van der Waals surface area (Å²) in [6.07, 6.45) is 7.77. The zero-order chi connectivity index (χ0) is 16.4. The summed E-state index contributed by atoms with van der Waals surface area (Å²) in [6.45, 7) is 13.9. The molecule has 2 rings (SSSR count). The third-order valence-electron chi connectivity index (χ3n) is 4.62. The molecule has 0 N–H and O–H groups in total. The molecule has 0 aromatic carbocycles. The molecule has 1 saturated heterocycles. The summed E-state index contributed by atoms with van der Waals surface area (Å²) in [4.78, 5) is 7.16. The van der Waals surface area contributed by atoms with Crippen molar-refractivity contribution in [3.05, 3.63) is 17.8 Å². The van der Waals surface area contributed by atoms with Crippen LogP contribution in [0.25, 0.3) is 0 Å². The lowest BCUT2D eigenvalue weighted by atomic mass is 9.76. The molecule has 0 saturated carbocycles. The van der Waals surface area contributed by atoms with E-state index in [2.05, 4.69) is 46.6 Å². The number of hydrogen-bond donors (Lipinski definition) is 0. The van der Waals surface area contributed by atoms with E-state index in [-0.39, 0.29) is 5.41 Å². The van der Waals surface area contributed by atoms with Gasteiger partial charge in [0.15, 0.2) is 5.89 Å².